The van der Waals surface area contributed by atoms with Gasteiger partial charge in [0.05, 0.1) is 0 Å². The molecule has 0 radical (unpaired) electrons. The van der Waals surface area contributed by atoms with E-state index >= 15 is 0 Å². The van der Waals surface area contributed by atoms with Crippen molar-refractivity contribution >= 4 is 0 Å². The van der Waals surface area contributed by atoms with E-state index in [1.54, 1.807) is 0 Å². The van der Waals surface area contributed by atoms with Crippen molar-refractivity contribution in [2.45, 2.75) is 32.6 Å². The lowest BCUT2D eigenvalue weighted by molar-refractivity contribution is 0.394. The second kappa shape index (κ2) is 10.7. The molecule has 0 unspecified atom stereocenters. The summed E-state index contributed by atoms with van der Waals surface area (Å²) in [5, 5.41) is 3.46. The van der Waals surface area contributed by atoms with E-state index in [-0.39, 0.29) is 0 Å². The Balaban J connectivity index is 2.95. The molecule has 2 heteroatoms. The molecule has 84 valence electrons. The lowest BCUT2D eigenvalue weighted by Gasteiger charge is -2.09. The van der Waals surface area contributed by atoms with Crippen molar-refractivity contribution in [1.82, 2.24) is 10.2 Å². The van der Waals surface area contributed by atoms with Gasteiger partial charge in [-0.2, -0.15) is 0 Å². The first kappa shape index (κ1) is 13.7. The van der Waals surface area contributed by atoms with E-state index in [1.807, 2.05) is 0 Å². The summed E-state index contributed by atoms with van der Waals surface area (Å²) >= 11 is 0. The molecule has 2 nitrogen and oxygen atoms in total. The van der Waals surface area contributed by atoms with Crippen molar-refractivity contribution in [3.8, 4) is 0 Å². The van der Waals surface area contributed by atoms with E-state index in [9.17, 15) is 0 Å². The van der Waals surface area contributed by atoms with Crippen LogP contribution in [0.2, 0.25) is 0 Å². The summed E-state index contributed by atoms with van der Waals surface area (Å²) in [5.74, 6) is 0. The molecule has 14 heavy (non-hydrogen) atoms. The third kappa shape index (κ3) is 11.7. The summed E-state index contributed by atoms with van der Waals surface area (Å²) in [5.41, 5.74) is 0. The first-order valence-corrected chi connectivity index (χ1v) is 5.77. The molecular weight excluding hydrogens is 172 g/mol. The minimum absolute atomic E-state index is 1.15. The molecule has 0 aromatic rings. The van der Waals surface area contributed by atoms with Crippen LogP contribution in [0.4, 0.5) is 0 Å². The number of hydrogen-bond donors (Lipinski definition) is 1. The van der Waals surface area contributed by atoms with Gasteiger partial charge in [0.1, 0.15) is 0 Å². The summed E-state index contributed by atoms with van der Waals surface area (Å²) in [6.07, 6.45) is 9.41. The Morgan fingerprint density at radius 3 is 2.43 bits per heavy atom. The first-order valence-electron chi connectivity index (χ1n) is 5.77. The molecule has 0 heterocycles. The van der Waals surface area contributed by atoms with Crippen molar-refractivity contribution in [3.05, 3.63) is 12.2 Å². The highest BCUT2D eigenvalue weighted by Crippen LogP contribution is 1.91. The Morgan fingerprint density at radius 2 is 1.79 bits per heavy atom. The molecule has 0 atom stereocenters. The number of allylic oxidation sites excluding steroid dienone is 2. The second-order valence-electron chi connectivity index (χ2n) is 3.93. The van der Waals surface area contributed by atoms with Crippen LogP contribution >= 0.6 is 0 Å². The average Bonchev–Trinajstić information content (AvgIpc) is 2.15. The predicted molar refractivity (Wildman–Crippen MR) is 64.7 cm³/mol. The Bertz CT molecular complexity index is 130. The number of rotatable bonds is 9. The molecule has 0 bridgehead atoms. The third-order valence-electron chi connectivity index (χ3n) is 2.09. The van der Waals surface area contributed by atoms with Gasteiger partial charge in [0, 0.05) is 0 Å². The van der Waals surface area contributed by atoms with E-state index in [1.165, 1.54) is 25.8 Å². The van der Waals surface area contributed by atoms with Gasteiger partial charge in [-0.1, -0.05) is 19.1 Å². The van der Waals surface area contributed by atoms with Gasteiger partial charge in [-0.15, -0.1) is 0 Å². The van der Waals surface area contributed by atoms with Crippen molar-refractivity contribution in [1.29, 1.82) is 0 Å². The van der Waals surface area contributed by atoms with Crippen LogP contribution in [0.15, 0.2) is 12.2 Å². The number of nitrogens with zero attached hydrogens (tertiary/aromatic N) is 1. The lowest BCUT2D eigenvalue weighted by atomic mass is 10.2. The number of nitrogens with one attached hydrogen (secondary N) is 1. The number of unbranched alkanes of at least 4 members (excludes halogenated alkanes) is 1. The molecule has 0 amide bonds. The SMILES string of the molecule is CCC=CCCCNCCCN(C)C. The molecule has 0 aliphatic carbocycles. The molecule has 0 aliphatic rings. The van der Waals surface area contributed by atoms with Crippen LogP contribution < -0.4 is 5.32 Å². The quantitative estimate of drug-likeness (QED) is 0.452. The molecule has 0 aliphatic heterocycles. The van der Waals surface area contributed by atoms with Crippen LogP contribution in [0.25, 0.3) is 0 Å². The molecule has 0 saturated carbocycles. The van der Waals surface area contributed by atoms with Gasteiger partial charge in [-0.25, -0.2) is 0 Å². The van der Waals surface area contributed by atoms with E-state index in [0.29, 0.717) is 0 Å². The predicted octanol–water partition coefficient (Wildman–Crippen LogP) is 2.27. The lowest BCUT2D eigenvalue weighted by Crippen LogP contribution is -2.21. The minimum atomic E-state index is 1.15. The van der Waals surface area contributed by atoms with Crippen LogP contribution in [0, 0.1) is 0 Å². The van der Waals surface area contributed by atoms with Crippen LogP contribution in [-0.4, -0.2) is 38.6 Å². The first-order chi connectivity index (χ1) is 6.77. The van der Waals surface area contributed by atoms with Crippen molar-refractivity contribution in [2.75, 3.05) is 33.7 Å². The molecule has 0 spiro atoms. The standard InChI is InChI=1S/C12H26N2/c1-4-5-6-7-8-10-13-11-9-12-14(2)3/h5-6,13H,4,7-12H2,1-3H3. The molecule has 0 aromatic carbocycles. The maximum atomic E-state index is 3.46. The highest BCUT2D eigenvalue weighted by molar-refractivity contribution is 4.79. The van der Waals surface area contributed by atoms with E-state index in [4.69, 9.17) is 0 Å². The van der Waals surface area contributed by atoms with Gasteiger partial charge in [0.15, 0.2) is 0 Å². The summed E-state index contributed by atoms with van der Waals surface area (Å²) in [4.78, 5) is 2.23. The monoisotopic (exact) mass is 198 g/mol. The average molecular weight is 198 g/mol. The van der Waals surface area contributed by atoms with Crippen molar-refractivity contribution < 1.29 is 0 Å². The summed E-state index contributed by atoms with van der Waals surface area (Å²) in [7, 11) is 4.24. The Hall–Kier alpha value is -0.340. The molecule has 0 saturated heterocycles. The fourth-order valence-electron chi connectivity index (χ4n) is 1.27. The van der Waals surface area contributed by atoms with Gasteiger partial charge < -0.3 is 10.2 Å². The van der Waals surface area contributed by atoms with Crippen molar-refractivity contribution in [3.63, 3.8) is 0 Å². The molecule has 0 rings (SSSR count). The van der Waals surface area contributed by atoms with E-state index in [2.05, 4.69) is 43.4 Å². The third-order valence-corrected chi connectivity index (χ3v) is 2.09. The van der Waals surface area contributed by atoms with Crippen LogP contribution in [0.3, 0.4) is 0 Å². The topological polar surface area (TPSA) is 15.3 Å². The largest absolute Gasteiger partial charge is 0.317 e. The summed E-state index contributed by atoms with van der Waals surface area (Å²) in [6, 6.07) is 0. The summed E-state index contributed by atoms with van der Waals surface area (Å²) in [6.45, 7) is 5.66. The van der Waals surface area contributed by atoms with E-state index < -0.39 is 0 Å². The second-order valence-corrected chi connectivity index (χ2v) is 3.93. The normalized spacial score (nSPS) is 11.7. The highest BCUT2D eigenvalue weighted by Gasteiger charge is 1.90. The van der Waals surface area contributed by atoms with Crippen molar-refractivity contribution in [2.24, 2.45) is 0 Å². The zero-order valence-corrected chi connectivity index (χ0v) is 10.1. The van der Waals surface area contributed by atoms with Gasteiger partial charge in [0.2, 0.25) is 0 Å². The van der Waals surface area contributed by atoms with Gasteiger partial charge in [0.25, 0.3) is 0 Å². The Labute approximate surface area is 89.4 Å². The fraction of sp³-hybridized carbons (Fsp3) is 0.833. The van der Waals surface area contributed by atoms with Gasteiger partial charge in [-0.05, 0) is 59.4 Å². The zero-order chi connectivity index (χ0) is 10.6. The summed E-state index contributed by atoms with van der Waals surface area (Å²) < 4.78 is 0. The molecule has 0 fully saturated rings. The highest BCUT2D eigenvalue weighted by atomic mass is 15.0. The number of hydrogen-bond acceptors (Lipinski definition) is 2. The Kier molecular flexibility index (Phi) is 10.5. The smallest absolute Gasteiger partial charge is 0.00127 e. The van der Waals surface area contributed by atoms with Crippen LogP contribution in [-0.2, 0) is 0 Å². The van der Waals surface area contributed by atoms with Gasteiger partial charge >= 0.3 is 0 Å². The van der Waals surface area contributed by atoms with Gasteiger partial charge in [-0.3, -0.25) is 0 Å². The minimum Gasteiger partial charge on any atom is -0.317 e. The fourth-order valence-corrected chi connectivity index (χ4v) is 1.27. The van der Waals surface area contributed by atoms with Crippen LogP contribution in [0.5, 0.6) is 0 Å². The molecule has 1 N–H and O–H groups in total. The van der Waals surface area contributed by atoms with E-state index in [0.717, 1.165) is 19.5 Å². The van der Waals surface area contributed by atoms with Crippen LogP contribution in [0.1, 0.15) is 32.6 Å². The maximum absolute atomic E-state index is 3.46. The zero-order valence-electron chi connectivity index (χ0n) is 10.1. The Morgan fingerprint density at radius 1 is 1.07 bits per heavy atom. The molecule has 0 aromatic heterocycles. The molecular formula is C12H26N2. The maximum Gasteiger partial charge on any atom is -0.00127 e.